The first kappa shape index (κ1) is 35.5. The van der Waals surface area contributed by atoms with E-state index in [9.17, 15) is 33.6 Å². The molecule has 0 saturated carbocycles. The van der Waals surface area contributed by atoms with E-state index < -0.39 is 29.9 Å². The summed E-state index contributed by atoms with van der Waals surface area (Å²) in [6.45, 7) is 9.44. The third kappa shape index (κ3) is 12.7. The van der Waals surface area contributed by atoms with Crippen molar-refractivity contribution >= 4 is 41.4 Å². The van der Waals surface area contributed by atoms with Crippen molar-refractivity contribution in [2.75, 3.05) is 19.6 Å². The van der Waals surface area contributed by atoms with Crippen LogP contribution in [0.25, 0.3) is 0 Å². The molecule has 0 aromatic carbocycles. The van der Waals surface area contributed by atoms with E-state index in [0.717, 1.165) is 0 Å². The number of nitrogens with one attached hydrogen (secondary N) is 4. The van der Waals surface area contributed by atoms with Crippen LogP contribution in [0.15, 0.2) is 0 Å². The normalized spacial score (nSPS) is 16.5. The minimum absolute atomic E-state index is 0.111. The lowest BCUT2D eigenvalue weighted by molar-refractivity contribution is -0.140. The Morgan fingerprint density at radius 3 is 2.17 bits per heavy atom. The van der Waals surface area contributed by atoms with Gasteiger partial charge in [-0.3, -0.25) is 33.7 Å². The van der Waals surface area contributed by atoms with Gasteiger partial charge in [0.15, 0.2) is 5.78 Å². The van der Waals surface area contributed by atoms with Crippen molar-refractivity contribution in [1.82, 2.24) is 26.2 Å². The largest absolute Gasteiger partial charge is 0.352 e. The van der Waals surface area contributed by atoms with Gasteiger partial charge < -0.3 is 27.0 Å². The van der Waals surface area contributed by atoms with Crippen molar-refractivity contribution in [3.8, 4) is 0 Å². The molecule has 6 N–H and O–H groups in total. The Morgan fingerprint density at radius 2 is 1.61 bits per heavy atom. The van der Waals surface area contributed by atoms with Crippen molar-refractivity contribution in [2.24, 2.45) is 23.5 Å². The van der Waals surface area contributed by atoms with Gasteiger partial charge in [-0.25, -0.2) is 4.79 Å². The summed E-state index contributed by atoms with van der Waals surface area (Å²) in [5, 5.41) is 10.4. The van der Waals surface area contributed by atoms with Crippen LogP contribution in [-0.2, 0) is 28.8 Å². The van der Waals surface area contributed by atoms with Gasteiger partial charge in [0.05, 0.1) is 6.54 Å². The van der Waals surface area contributed by atoms with E-state index in [4.69, 9.17) is 5.73 Å². The highest BCUT2D eigenvalue weighted by molar-refractivity contribution is 6.03. The number of primary amides is 1. The Morgan fingerprint density at radius 1 is 0.927 bits per heavy atom. The summed E-state index contributed by atoms with van der Waals surface area (Å²) < 4.78 is 0. The smallest absolute Gasteiger partial charge is 0.312 e. The molecule has 3 unspecified atom stereocenters. The molecule has 0 spiro atoms. The van der Waals surface area contributed by atoms with Gasteiger partial charge in [-0.2, -0.15) is 0 Å². The van der Waals surface area contributed by atoms with Crippen LogP contribution < -0.4 is 27.0 Å². The molecule has 13 nitrogen and oxygen atoms in total. The molecule has 0 bridgehead atoms. The third-order valence-corrected chi connectivity index (χ3v) is 7.09. The summed E-state index contributed by atoms with van der Waals surface area (Å²) in [5.41, 5.74) is 5.07. The van der Waals surface area contributed by atoms with E-state index in [1.54, 1.807) is 20.8 Å². The van der Waals surface area contributed by atoms with Crippen LogP contribution in [0.5, 0.6) is 0 Å². The molecule has 41 heavy (non-hydrogen) atoms. The van der Waals surface area contributed by atoms with E-state index >= 15 is 0 Å². The van der Waals surface area contributed by atoms with Crippen LogP contribution in [0.2, 0.25) is 0 Å². The zero-order valence-electron chi connectivity index (χ0n) is 25.0. The first-order valence-corrected chi connectivity index (χ1v) is 14.5. The maximum Gasteiger partial charge on any atom is 0.312 e. The molecule has 1 aliphatic heterocycles. The summed E-state index contributed by atoms with van der Waals surface area (Å²) in [6.07, 6.45) is 2.93. The van der Waals surface area contributed by atoms with E-state index in [0.29, 0.717) is 32.2 Å². The van der Waals surface area contributed by atoms with Gasteiger partial charge in [-0.05, 0) is 37.5 Å². The number of unbranched alkanes of at least 4 members (excludes halogenated alkanes) is 2. The fourth-order valence-electron chi connectivity index (χ4n) is 4.46. The SMILES string of the molecule is CCC(=O)CNC(=O)C(CCCNC(N)=O)NC(=O)C(NC(=O)CCCCCN1C(=O)CC(C(C)C)C1=O)C(C)C. The van der Waals surface area contributed by atoms with E-state index in [-0.39, 0.29) is 80.0 Å². The number of nitrogens with zero attached hydrogens (tertiary/aromatic N) is 1. The Hall–Kier alpha value is -3.51. The van der Waals surface area contributed by atoms with Crippen LogP contribution in [0.3, 0.4) is 0 Å². The highest BCUT2D eigenvalue weighted by Crippen LogP contribution is 2.26. The minimum atomic E-state index is -0.980. The molecule has 1 aliphatic rings. The molecular formula is C28H48N6O7. The molecule has 7 amide bonds. The van der Waals surface area contributed by atoms with Crippen molar-refractivity contribution in [3.63, 3.8) is 0 Å². The highest BCUT2D eigenvalue weighted by Gasteiger charge is 2.39. The molecule has 0 aromatic heterocycles. The first-order valence-electron chi connectivity index (χ1n) is 14.5. The van der Waals surface area contributed by atoms with E-state index in [1.165, 1.54) is 4.90 Å². The average Bonchev–Trinajstić information content (AvgIpc) is 3.19. The number of urea groups is 1. The number of nitrogens with two attached hydrogens (primary N) is 1. The Kier molecular flexibility index (Phi) is 15.6. The second kappa shape index (κ2) is 18.0. The van der Waals surface area contributed by atoms with Crippen LogP contribution in [0, 0.1) is 17.8 Å². The molecule has 3 atom stereocenters. The van der Waals surface area contributed by atoms with Gasteiger partial charge in [0.2, 0.25) is 29.5 Å². The highest BCUT2D eigenvalue weighted by atomic mass is 16.2. The number of hydrogen-bond acceptors (Lipinski definition) is 7. The number of imide groups is 1. The Labute approximate surface area is 242 Å². The van der Waals surface area contributed by atoms with Gasteiger partial charge in [-0.15, -0.1) is 0 Å². The van der Waals surface area contributed by atoms with Gasteiger partial charge in [-0.1, -0.05) is 41.0 Å². The average molecular weight is 581 g/mol. The van der Waals surface area contributed by atoms with Gasteiger partial charge >= 0.3 is 6.03 Å². The van der Waals surface area contributed by atoms with Gasteiger partial charge in [0.25, 0.3) is 0 Å². The summed E-state index contributed by atoms with van der Waals surface area (Å²) in [6, 6.07) is -2.58. The number of rotatable bonds is 19. The number of hydrogen-bond donors (Lipinski definition) is 5. The molecular weight excluding hydrogens is 532 g/mol. The maximum absolute atomic E-state index is 13.1. The van der Waals surface area contributed by atoms with E-state index in [1.807, 2.05) is 13.8 Å². The minimum Gasteiger partial charge on any atom is -0.352 e. The summed E-state index contributed by atoms with van der Waals surface area (Å²) in [7, 11) is 0. The van der Waals surface area contributed by atoms with Crippen molar-refractivity contribution in [2.45, 2.75) is 98.1 Å². The lowest BCUT2D eigenvalue weighted by Crippen LogP contribution is -2.55. The van der Waals surface area contributed by atoms with E-state index in [2.05, 4.69) is 21.3 Å². The van der Waals surface area contributed by atoms with Crippen LogP contribution in [0.1, 0.15) is 86.0 Å². The number of likely N-dealkylation sites (tertiary alicyclic amines) is 1. The van der Waals surface area contributed by atoms with Crippen LogP contribution in [-0.4, -0.2) is 78.0 Å². The third-order valence-electron chi connectivity index (χ3n) is 7.09. The molecule has 232 valence electrons. The number of ketones is 1. The summed E-state index contributed by atoms with van der Waals surface area (Å²) >= 11 is 0. The monoisotopic (exact) mass is 580 g/mol. The molecule has 1 fully saturated rings. The lowest BCUT2D eigenvalue weighted by Gasteiger charge is -2.25. The summed E-state index contributed by atoms with van der Waals surface area (Å²) in [4.78, 5) is 86.9. The van der Waals surface area contributed by atoms with Crippen molar-refractivity contribution in [3.05, 3.63) is 0 Å². The zero-order chi connectivity index (χ0) is 31.1. The number of amides is 7. The molecule has 0 aliphatic carbocycles. The number of Topliss-reactive ketones (excluding diaryl/α,β-unsaturated/α-hetero) is 1. The predicted octanol–water partition coefficient (Wildman–Crippen LogP) is 0.747. The second-order valence-corrected chi connectivity index (χ2v) is 11.1. The Bertz CT molecular complexity index is 952. The fourth-order valence-corrected chi connectivity index (χ4v) is 4.46. The first-order chi connectivity index (χ1) is 19.3. The lowest BCUT2D eigenvalue weighted by atomic mass is 9.94. The standard InChI is InChI=1S/C28H48N6O7/c1-6-19(35)16-31-25(38)21(11-10-13-30-28(29)41)32-26(39)24(18(4)5)33-22(36)12-8-7-9-14-34-23(37)15-20(17(2)3)27(34)40/h17-18,20-21,24H,6-16H2,1-5H3,(H,31,38)(H,32,39)(H,33,36)(H3,29,30,41). The maximum atomic E-state index is 13.1. The molecule has 1 heterocycles. The fraction of sp³-hybridized carbons (Fsp3) is 0.750. The zero-order valence-corrected chi connectivity index (χ0v) is 25.0. The number of carbonyl (C=O) groups is 7. The molecule has 1 rings (SSSR count). The van der Waals surface area contributed by atoms with Crippen molar-refractivity contribution < 1.29 is 33.6 Å². The van der Waals surface area contributed by atoms with Crippen molar-refractivity contribution in [1.29, 1.82) is 0 Å². The van der Waals surface area contributed by atoms with Gasteiger partial charge in [0, 0.05) is 38.3 Å². The Balaban J connectivity index is 2.61. The molecule has 0 radical (unpaired) electrons. The molecule has 0 aromatic rings. The second-order valence-electron chi connectivity index (χ2n) is 11.1. The predicted molar refractivity (Wildman–Crippen MR) is 152 cm³/mol. The van der Waals surface area contributed by atoms with Crippen LogP contribution in [0.4, 0.5) is 4.79 Å². The topological polar surface area (TPSA) is 197 Å². The quantitative estimate of drug-likeness (QED) is 0.110. The van der Waals surface area contributed by atoms with Crippen LogP contribution >= 0.6 is 0 Å². The number of carbonyl (C=O) groups excluding carboxylic acids is 7. The molecule has 13 heteroatoms. The summed E-state index contributed by atoms with van der Waals surface area (Å²) in [5.74, 6) is -2.26. The molecule has 1 saturated heterocycles. The van der Waals surface area contributed by atoms with Gasteiger partial charge in [0.1, 0.15) is 12.1 Å².